The number of carboxylic acid groups (broad SMARTS) is 1. The third kappa shape index (κ3) is 2.94. The number of methoxy groups -OCH3 is 1. The van der Waals surface area contributed by atoms with Crippen LogP contribution in [0.2, 0.25) is 0 Å². The molecule has 0 aromatic heterocycles. The van der Waals surface area contributed by atoms with Gasteiger partial charge in [-0.3, -0.25) is 0 Å². The maximum absolute atomic E-state index is 11.6. The van der Waals surface area contributed by atoms with Crippen LogP contribution in [0.5, 0.6) is 5.75 Å². The number of carbonyl (C=O) groups excluding carboxylic acids is 1. The van der Waals surface area contributed by atoms with Crippen LogP contribution in [0.3, 0.4) is 0 Å². The molecule has 2 rings (SSSR count). The van der Waals surface area contributed by atoms with Crippen molar-refractivity contribution in [1.29, 1.82) is 0 Å². The third-order valence-electron chi connectivity index (χ3n) is 2.93. The van der Waals surface area contributed by atoms with E-state index in [0.717, 1.165) is 0 Å². The van der Waals surface area contributed by atoms with E-state index in [1.165, 1.54) is 13.2 Å². The number of nitrogens with one attached hydrogen (secondary N) is 1. The summed E-state index contributed by atoms with van der Waals surface area (Å²) in [6.07, 6.45) is 0. The van der Waals surface area contributed by atoms with E-state index >= 15 is 0 Å². The molecule has 0 bridgehead atoms. The number of hydrogen-bond acceptors (Lipinski definition) is 3. The molecular formula is C15H14N2O4. The first kappa shape index (κ1) is 14.4. The summed E-state index contributed by atoms with van der Waals surface area (Å²) in [4.78, 5) is 22.6. The van der Waals surface area contributed by atoms with Gasteiger partial charge in [0.1, 0.15) is 5.75 Å². The lowest BCUT2D eigenvalue weighted by Gasteiger charge is -2.14. The van der Waals surface area contributed by atoms with E-state index in [2.05, 4.69) is 5.32 Å². The highest BCUT2D eigenvalue weighted by atomic mass is 16.5. The largest absolute Gasteiger partial charge is 0.496 e. The highest BCUT2D eigenvalue weighted by Gasteiger charge is 2.19. The number of primary amides is 1. The highest BCUT2D eigenvalue weighted by Crippen LogP contribution is 2.35. The second-order valence-corrected chi connectivity index (χ2v) is 4.22. The maximum Gasteiger partial charge on any atom is 0.338 e. The Morgan fingerprint density at radius 1 is 1.10 bits per heavy atom. The standard InChI is InChI=1S/C15H14N2O4/c1-21-12-8-3-2-5-9(12)10-6-4-7-11(17-15(16)20)13(10)14(18)19/h2-8H,1H3,(H,18,19)(H3,16,17,20). The molecule has 6 nitrogen and oxygen atoms in total. The van der Waals surface area contributed by atoms with Crippen molar-refractivity contribution in [2.45, 2.75) is 0 Å². The number of urea groups is 1. The molecule has 0 unspecified atom stereocenters. The van der Waals surface area contributed by atoms with Crippen LogP contribution in [0, 0.1) is 0 Å². The number of rotatable bonds is 4. The number of benzene rings is 2. The lowest BCUT2D eigenvalue weighted by Crippen LogP contribution is -2.21. The molecular weight excluding hydrogens is 272 g/mol. The van der Waals surface area contributed by atoms with Crippen LogP contribution in [-0.2, 0) is 0 Å². The van der Waals surface area contributed by atoms with Gasteiger partial charge in [0.2, 0.25) is 0 Å². The first-order valence-corrected chi connectivity index (χ1v) is 6.10. The van der Waals surface area contributed by atoms with Gasteiger partial charge in [-0.25, -0.2) is 9.59 Å². The van der Waals surface area contributed by atoms with Gasteiger partial charge in [0.25, 0.3) is 0 Å². The molecule has 0 atom stereocenters. The van der Waals surface area contributed by atoms with Gasteiger partial charge >= 0.3 is 12.0 Å². The van der Waals surface area contributed by atoms with Crippen LogP contribution in [0.4, 0.5) is 10.5 Å². The minimum Gasteiger partial charge on any atom is -0.496 e. The summed E-state index contributed by atoms with van der Waals surface area (Å²) in [6, 6.07) is 11.0. The number of carboxylic acids is 1. The number of amides is 2. The molecule has 2 aromatic rings. The normalized spacial score (nSPS) is 9.95. The van der Waals surface area contributed by atoms with E-state index in [0.29, 0.717) is 16.9 Å². The fourth-order valence-corrected chi connectivity index (χ4v) is 2.11. The molecule has 0 aliphatic rings. The minimum atomic E-state index is -1.17. The van der Waals surface area contributed by atoms with Crippen molar-refractivity contribution in [3.05, 3.63) is 48.0 Å². The summed E-state index contributed by atoms with van der Waals surface area (Å²) in [5.74, 6) is -0.628. The van der Waals surface area contributed by atoms with Crippen molar-refractivity contribution < 1.29 is 19.4 Å². The van der Waals surface area contributed by atoms with Crippen LogP contribution in [0.1, 0.15) is 10.4 Å². The van der Waals surface area contributed by atoms with Gasteiger partial charge in [0, 0.05) is 11.1 Å². The molecule has 6 heteroatoms. The zero-order valence-corrected chi connectivity index (χ0v) is 11.3. The molecule has 2 aromatic carbocycles. The van der Waals surface area contributed by atoms with Gasteiger partial charge in [-0.15, -0.1) is 0 Å². The smallest absolute Gasteiger partial charge is 0.338 e. The molecule has 0 radical (unpaired) electrons. The Morgan fingerprint density at radius 2 is 1.76 bits per heavy atom. The summed E-state index contributed by atoms with van der Waals surface area (Å²) < 4.78 is 5.25. The van der Waals surface area contributed by atoms with Gasteiger partial charge in [-0.2, -0.15) is 0 Å². The van der Waals surface area contributed by atoms with E-state index in [1.54, 1.807) is 36.4 Å². The van der Waals surface area contributed by atoms with Crippen LogP contribution in [-0.4, -0.2) is 24.2 Å². The Bertz CT molecular complexity index is 698. The van der Waals surface area contributed by atoms with Crippen LogP contribution in [0.25, 0.3) is 11.1 Å². The number of nitrogens with two attached hydrogens (primary N) is 1. The molecule has 0 aliphatic carbocycles. The van der Waals surface area contributed by atoms with E-state index in [-0.39, 0.29) is 11.3 Å². The highest BCUT2D eigenvalue weighted by molar-refractivity contribution is 6.05. The number of carbonyl (C=O) groups is 2. The van der Waals surface area contributed by atoms with E-state index in [4.69, 9.17) is 10.5 Å². The van der Waals surface area contributed by atoms with E-state index in [9.17, 15) is 14.7 Å². The molecule has 0 fully saturated rings. The summed E-state index contributed by atoms with van der Waals surface area (Å²) in [7, 11) is 1.50. The summed E-state index contributed by atoms with van der Waals surface area (Å²) in [5.41, 5.74) is 6.22. The predicted octanol–water partition coefficient (Wildman–Crippen LogP) is 2.55. The van der Waals surface area contributed by atoms with Gasteiger partial charge in [-0.05, 0) is 12.1 Å². The zero-order chi connectivity index (χ0) is 15.4. The number of hydrogen-bond donors (Lipinski definition) is 3. The van der Waals surface area contributed by atoms with Crippen LogP contribution >= 0.6 is 0 Å². The number of ether oxygens (including phenoxy) is 1. The molecule has 4 N–H and O–H groups in total. The van der Waals surface area contributed by atoms with Crippen molar-refractivity contribution in [2.75, 3.05) is 12.4 Å². The fraction of sp³-hybridized carbons (Fsp3) is 0.0667. The third-order valence-corrected chi connectivity index (χ3v) is 2.93. The second-order valence-electron chi connectivity index (χ2n) is 4.22. The molecule has 0 saturated carbocycles. The Labute approximate surface area is 121 Å². The lowest BCUT2D eigenvalue weighted by atomic mass is 9.97. The maximum atomic E-state index is 11.6. The second kappa shape index (κ2) is 5.96. The Balaban J connectivity index is 2.68. The summed E-state index contributed by atoms with van der Waals surface area (Å²) >= 11 is 0. The molecule has 0 aliphatic heterocycles. The minimum absolute atomic E-state index is 0.0409. The molecule has 2 amide bonds. The van der Waals surface area contributed by atoms with Crippen molar-refractivity contribution in [3.63, 3.8) is 0 Å². The van der Waals surface area contributed by atoms with Crippen molar-refractivity contribution in [2.24, 2.45) is 5.73 Å². The zero-order valence-electron chi connectivity index (χ0n) is 11.3. The quantitative estimate of drug-likeness (QED) is 0.803. The molecule has 0 saturated heterocycles. The molecule has 21 heavy (non-hydrogen) atoms. The molecule has 108 valence electrons. The number of aromatic carboxylic acids is 1. The van der Waals surface area contributed by atoms with Gasteiger partial charge in [0.15, 0.2) is 0 Å². The van der Waals surface area contributed by atoms with Crippen molar-refractivity contribution in [3.8, 4) is 16.9 Å². The first-order chi connectivity index (χ1) is 10.0. The fourth-order valence-electron chi connectivity index (χ4n) is 2.11. The van der Waals surface area contributed by atoms with E-state index in [1.807, 2.05) is 0 Å². The monoisotopic (exact) mass is 286 g/mol. The predicted molar refractivity (Wildman–Crippen MR) is 78.6 cm³/mol. The van der Waals surface area contributed by atoms with E-state index < -0.39 is 12.0 Å². The average Bonchev–Trinajstić information content (AvgIpc) is 2.46. The summed E-state index contributed by atoms with van der Waals surface area (Å²) in [6.45, 7) is 0. The Kier molecular flexibility index (Phi) is 4.08. The number of anilines is 1. The van der Waals surface area contributed by atoms with Crippen LogP contribution < -0.4 is 15.8 Å². The molecule has 0 spiro atoms. The number of para-hydroxylation sites is 1. The SMILES string of the molecule is COc1ccccc1-c1cccc(NC(N)=O)c1C(=O)O. The topological polar surface area (TPSA) is 102 Å². The molecule has 0 heterocycles. The van der Waals surface area contributed by atoms with Crippen molar-refractivity contribution >= 4 is 17.7 Å². The Hall–Kier alpha value is -3.02. The van der Waals surface area contributed by atoms with Crippen LogP contribution in [0.15, 0.2) is 42.5 Å². The van der Waals surface area contributed by atoms with Gasteiger partial charge in [0.05, 0.1) is 18.4 Å². The van der Waals surface area contributed by atoms with Gasteiger partial charge in [-0.1, -0.05) is 30.3 Å². The van der Waals surface area contributed by atoms with Gasteiger partial charge < -0.3 is 20.9 Å². The Morgan fingerprint density at radius 3 is 2.38 bits per heavy atom. The summed E-state index contributed by atoms with van der Waals surface area (Å²) in [5, 5.41) is 11.8. The lowest BCUT2D eigenvalue weighted by molar-refractivity contribution is 0.0699. The van der Waals surface area contributed by atoms with Crippen molar-refractivity contribution in [1.82, 2.24) is 0 Å². The average molecular weight is 286 g/mol. The first-order valence-electron chi connectivity index (χ1n) is 6.10.